The van der Waals surface area contributed by atoms with Crippen LogP contribution in [-0.2, 0) is 15.1 Å². The highest BCUT2D eigenvalue weighted by molar-refractivity contribution is 5.82. The van der Waals surface area contributed by atoms with Gasteiger partial charge >= 0.3 is 5.97 Å². The van der Waals surface area contributed by atoms with Crippen LogP contribution in [-0.4, -0.2) is 26.2 Å². The quantitative estimate of drug-likeness (QED) is 0.586. The van der Waals surface area contributed by atoms with E-state index >= 15 is 0 Å². The summed E-state index contributed by atoms with van der Waals surface area (Å²) in [7, 11) is 1.38. The van der Waals surface area contributed by atoms with Gasteiger partial charge in [-0.1, -0.05) is 25.1 Å². The summed E-state index contributed by atoms with van der Waals surface area (Å²) in [6, 6.07) is 7.47. The molecule has 1 aromatic carbocycles. The minimum absolute atomic E-state index is 0.332. The van der Waals surface area contributed by atoms with Crippen molar-refractivity contribution in [2.45, 2.75) is 25.8 Å². The molecule has 110 valence electrons. The van der Waals surface area contributed by atoms with Gasteiger partial charge in [0.05, 0.1) is 13.7 Å². The summed E-state index contributed by atoms with van der Waals surface area (Å²) in [6.45, 7) is 8.71. The van der Waals surface area contributed by atoms with Crippen LogP contribution in [0.3, 0.4) is 0 Å². The van der Waals surface area contributed by atoms with Crippen molar-refractivity contribution in [2.24, 2.45) is 0 Å². The SMILES string of the molecule is C=CCNC(C)(C(=O)OC)c1ccc(OCCC)cc1. The molecule has 0 saturated heterocycles. The first-order chi connectivity index (χ1) is 9.58. The molecule has 1 unspecified atom stereocenters. The Bertz CT molecular complexity index is 442. The van der Waals surface area contributed by atoms with Gasteiger partial charge in [-0.25, -0.2) is 4.79 Å². The Morgan fingerprint density at radius 1 is 1.40 bits per heavy atom. The van der Waals surface area contributed by atoms with E-state index in [9.17, 15) is 4.79 Å². The monoisotopic (exact) mass is 277 g/mol. The molecule has 20 heavy (non-hydrogen) atoms. The van der Waals surface area contributed by atoms with Gasteiger partial charge in [-0.05, 0) is 31.0 Å². The Kier molecular flexibility index (Phi) is 6.25. The fraction of sp³-hybridized carbons (Fsp3) is 0.438. The summed E-state index contributed by atoms with van der Waals surface area (Å²) in [5, 5.41) is 3.14. The van der Waals surface area contributed by atoms with E-state index in [-0.39, 0.29) is 5.97 Å². The van der Waals surface area contributed by atoms with Crippen molar-refractivity contribution < 1.29 is 14.3 Å². The third-order valence-electron chi connectivity index (χ3n) is 3.10. The number of carbonyl (C=O) groups is 1. The highest BCUT2D eigenvalue weighted by atomic mass is 16.5. The van der Waals surface area contributed by atoms with Crippen molar-refractivity contribution in [3.05, 3.63) is 42.5 Å². The summed E-state index contributed by atoms with van der Waals surface area (Å²) in [5.41, 5.74) is -0.0679. The zero-order valence-corrected chi connectivity index (χ0v) is 12.4. The number of rotatable bonds is 8. The summed E-state index contributed by atoms with van der Waals surface area (Å²) >= 11 is 0. The van der Waals surface area contributed by atoms with E-state index in [2.05, 4.69) is 18.8 Å². The van der Waals surface area contributed by atoms with Crippen LogP contribution < -0.4 is 10.1 Å². The van der Waals surface area contributed by atoms with Gasteiger partial charge in [0.1, 0.15) is 11.3 Å². The van der Waals surface area contributed by atoms with Crippen molar-refractivity contribution in [3.8, 4) is 5.75 Å². The molecule has 0 aliphatic carbocycles. The maximum atomic E-state index is 12.0. The lowest BCUT2D eigenvalue weighted by molar-refractivity contribution is -0.148. The number of hydrogen-bond acceptors (Lipinski definition) is 4. The predicted octanol–water partition coefficient (Wildman–Crippen LogP) is 2.64. The Hall–Kier alpha value is -1.81. The summed E-state index contributed by atoms with van der Waals surface area (Å²) < 4.78 is 10.4. The van der Waals surface area contributed by atoms with Crippen LogP contribution in [0.5, 0.6) is 5.75 Å². The second kappa shape index (κ2) is 7.70. The van der Waals surface area contributed by atoms with Crippen molar-refractivity contribution >= 4 is 5.97 Å². The number of hydrogen-bond donors (Lipinski definition) is 1. The smallest absolute Gasteiger partial charge is 0.330 e. The second-order valence-electron chi connectivity index (χ2n) is 4.66. The molecule has 4 nitrogen and oxygen atoms in total. The highest BCUT2D eigenvalue weighted by Crippen LogP contribution is 2.24. The lowest BCUT2D eigenvalue weighted by atomic mass is 9.92. The first-order valence-corrected chi connectivity index (χ1v) is 6.76. The molecule has 0 aliphatic rings. The fourth-order valence-corrected chi connectivity index (χ4v) is 1.88. The third kappa shape index (κ3) is 3.84. The standard InChI is InChI=1S/C16H23NO3/c1-5-11-17-16(3,15(18)19-4)13-7-9-14(10-8-13)20-12-6-2/h5,7-10,17H,1,6,11-12H2,2-4H3. The average Bonchev–Trinajstić information content (AvgIpc) is 2.50. The molecule has 0 heterocycles. The molecule has 1 rings (SSSR count). The molecular formula is C16H23NO3. The van der Waals surface area contributed by atoms with Crippen LogP contribution in [0.2, 0.25) is 0 Å². The first kappa shape index (κ1) is 16.2. The summed E-state index contributed by atoms with van der Waals surface area (Å²) in [6.07, 6.45) is 2.67. The normalized spacial score (nSPS) is 13.3. The van der Waals surface area contributed by atoms with E-state index in [0.29, 0.717) is 13.2 Å². The Morgan fingerprint density at radius 3 is 2.55 bits per heavy atom. The van der Waals surface area contributed by atoms with E-state index < -0.39 is 5.54 Å². The molecule has 1 atom stereocenters. The van der Waals surface area contributed by atoms with Gasteiger partial charge in [-0.15, -0.1) is 6.58 Å². The average molecular weight is 277 g/mol. The molecule has 0 radical (unpaired) electrons. The van der Waals surface area contributed by atoms with Crippen LogP contribution in [0.15, 0.2) is 36.9 Å². The van der Waals surface area contributed by atoms with E-state index in [1.165, 1.54) is 7.11 Å². The van der Waals surface area contributed by atoms with Gasteiger partial charge in [-0.2, -0.15) is 0 Å². The first-order valence-electron chi connectivity index (χ1n) is 6.76. The van der Waals surface area contributed by atoms with E-state index in [1.807, 2.05) is 24.3 Å². The summed E-state index contributed by atoms with van der Waals surface area (Å²) in [5.74, 6) is 0.466. The minimum Gasteiger partial charge on any atom is -0.494 e. The molecule has 1 aromatic rings. The Balaban J connectivity index is 2.96. The van der Waals surface area contributed by atoms with Gasteiger partial charge in [0.2, 0.25) is 0 Å². The molecule has 0 spiro atoms. The lowest BCUT2D eigenvalue weighted by Gasteiger charge is -2.28. The zero-order chi connectivity index (χ0) is 15.0. The van der Waals surface area contributed by atoms with E-state index in [1.54, 1.807) is 13.0 Å². The van der Waals surface area contributed by atoms with Crippen molar-refractivity contribution in [3.63, 3.8) is 0 Å². The van der Waals surface area contributed by atoms with Gasteiger partial charge in [0.25, 0.3) is 0 Å². The van der Waals surface area contributed by atoms with Gasteiger partial charge in [0.15, 0.2) is 0 Å². The third-order valence-corrected chi connectivity index (χ3v) is 3.10. The summed E-state index contributed by atoms with van der Waals surface area (Å²) in [4.78, 5) is 12.0. The Labute approximate surface area is 120 Å². The number of benzene rings is 1. The second-order valence-corrected chi connectivity index (χ2v) is 4.66. The molecule has 1 N–H and O–H groups in total. The minimum atomic E-state index is -0.897. The highest BCUT2D eigenvalue weighted by Gasteiger charge is 2.35. The zero-order valence-electron chi connectivity index (χ0n) is 12.4. The molecule has 4 heteroatoms. The molecule has 0 aliphatic heterocycles. The maximum absolute atomic E-state index is 12.0. The molecule has 0 saturated carbocycles. The van der Waals surface area contributed by atoms with Crippen molar-refractivity contribution in [1.82, 2.24) is 5.32 Å². The topological polar surface area (TPSA) is 47.6 Å². The number of methoxy groups -OCH3 is 1. The van der Waals surface area contributed by atoms with Crippen LogP contribution in [0.1, 0.15) is 25.8 Å². The van der Waals surface area contributed by atoms with Crippen molar-refractivity contribution in [1.29, 1.82) is 0 Å². The molecule has 0 bridgehead atoms. The van der Waals surface area contributed by atoms with Crippen LogP contribution >= 0.6 is 0 Å². The number of esters is 1. The maximum Gasteiger partial charge on any atom is 0.330 e. The molecule has 0 aromatic heterocycles. The largest absolute Gasteiger partial charge is 0.494 e. The number of ether oxygens (including phenoxy) is 2. The van der Waals surface area contributed by atoms with Gasteiger partial charge < -0.3 is 9.47 Å². The van der Waals surface area contributed by atoms with Crippen LogP contribution in [0.25, 0.3) is 0 Å². The lowest BCUT2D eigenvalue weighted by Crippen LogP contribution is -2.47. The number of carbonyl (C=O) groups excluding carboxylic acids is 1. The fourth-order valence-electron chi connectivity index (χ4n) is 1.88. The van der Waals surface area contributed by atoms with Crippen LogP contribution in [0, 0.1) is 0 Å². The van der Waals surface area contributed by atoms with Gasteiger partial charge in [-0.3, -0.25) is 5.32 Å². The van der Waals surface area contributed by atoms with E-state index in [4.69, 9.17) is 9.47 Å². The predicted molar refractivity (Wildman–Crippen MR) is 79.8 cm³/mol. The molecule has 0 fully saturated rings. The van der Waals surface area contributed by atoms with Gasteiger partial charge in [0, 0.05) is 6.54 Å². The van der Waals surface area contributed by atoms with Crippen molar-refractivity contribution in [2.75, 3.05) is 20.3 Å². The molecular weight excluding hydrogens is 254 g/mol. The Morgan fingerprint density at radius 2 is 2.05 bits per heavy atom. The van der Waals surface area contributed by atoms with E-state index in [0.717, 1.165) is 17.7 Å². The number of nitrogens with one attached hydrogen (secondary N) is 1. The van der Waals surface area contributed by atoms with Crippen LogP contribution in [0.4, 0.5) is 0 Å². The molecule has 0 amide bonds.